The number of carbonyl (C=O) groups is 2. The number of hydrogen-bond acceptors (Lipinski definition) is 5. The number of aromatic nitrogens is 2. The molecule has 7 rings (SSSR count). The molecule has 52 heavy (non-hydrogen) atoms. The largest absolute Gasteiger partial charge is 0.490 e. The van der Waals surface area contributed by atoms with Crippen LogP contribution in [0.4, 0.5) is 22.0 Å². The Bertz CT molecular complexity index is 1820. The number of carbonyl (C=O) groups excluding carboxylic acids is 1. The van der Waals surface area contributed by atoms with Gasteiger partial charge in [0.25, 0.3) is 11.8 Å². The van der Waals surface area contributed by atoms with Crippen LogP contribution in [0.25, 0.3) is 22.2 Å². The molecule has 4 unspecified atom stereocenters. The number of hydrogen-bond donors (Lipinski definition) is 2. The number of carboxylic acid groups (broad SMARTS) is 1. The molecule has 4 atom stereocenters. The lowest BCUT2D eigenvalue weighted by Crippen LogP contribution is -2.60. The topological polar surface area (TPSA) is 96.7 Å². The fourth-order valence-corrected chi connectivity index (χ4v) is 9.70. The van der Waals surface area contributed by atoms with Crippen molar-refractivity contribution in [3.8, 4) is 17.0 Å². The molecule has 1 aliphatic heterocycles. The van der Waals surface area contributed by atoms with Crippen molar-refractivity contribution in [1.29, 1.82) is 0 Å². The Kier molecular flexibility index (Phi) is 9.57. The first-order chi connectivity index (χ1) is 24.6. The summed E-state index contributed by atoms with van der Waals surface area (Å²) in [5.41, 5.74) is -2.40. The van der Waals surface area contributed by atoms with Crippen molar-refractivity contribution in [1.82, 2.24) is 19.8 Å². The molecule has 8 nitrogen and oxygen atoms in total. The van der Waals surface area contributed by atoms with Gasteiger partial charge in [-0.25, -0.2) is 18.6 Å². The van der Waals surface area contributed by atoms with Crippen molar-refractivity contribution in [2.75, 3.05) is 13.1 Å². The summed E-state index contributed by atoms with van der Waals surface area (Å²) in [4.78, 5) is 32.1. The zero-order valence-corrected chi connectivity index (χ0v) is 29.8. The predicted octanol–water partition coefficient (Wildman–Crippen LogP) is 8.73. The van der Waals surface area contributed by atoms with Gasteiger partial charge in [-0.1, -0.05) is 20.8 Å². The maximum Gasteiger partial charge on any atom is 0.434 e. The second-order valence-electron chi connectivity index (χ2n) is 15.8. The van der Waals surface area contributed by atoms with Gasteiger partial charge >= 0.3 is 12.1 Å². The van der Waals surface area contributed by atoms with Gasteiger partial charge in [-0.15, -0.1) is 0 Å². The van der Waals surface area contributed by atoms with Crippen molar-refractivity contribution >= 4 is 22.8 Å². The van der Waals surface area contributed by atoms with Crippen molar-refractivity contribution < 1.29 is 41.4 Å². The van der Waals surface area contributed by atoms with Crippen LogP contribution in [-0.4, -0.2) is 68.1 Å². The van der Waals surface area contributed by atoms with Crippen LogP contribution >= 0.6 is 0 Å². The highest BCUT2D eigenvalue weighted by molar-refractivity contribution is 6.00. The van der Waals surface area contributed by atoms with Gasteiger partial charge in [0.15, 0.2) is 5.69 Å². The molecule has 0 spiro atoms. The number of likely N-dealkylation sites (tertiary alicyclic amines) is 1. The maximum atomic E-state index is 14.7. The Labute approximate surface area is 300 Å². The lowest BCUT2D eigenvalue weighted by atomic mass is 9.78. The molecule has 0 radical (unpaired) electrons. The third-order valence-corrected chi connectivity index (χ3v) is 12.2. The van der Waals surface area contributed by atoms with Crippen LogP contribution in [0.15, 0.2) is 36.5 Å². The van der Waals surface area contributed by atoms with Gasteiger partial charge in [-0.05, 0) is 106 Å². The van der Waals surface area contributed by atoms with Crippen molar-refractivity contribution in [2.24, 2.45) is 17.8 Å². The summed E-state index contributed by atoms with van der Waals surface area (Å²) in [5.74, 6) is -4.27. The Morgan fingerprint density at radius 2 is 1.75 bits per heavy atom. The van der Waals surface area contributed by atoms with E-state index < -0.39 is 40.8 Å². The molecule has 13 heteroatoms. The summed E-state index contributed by atoms with van der Waals surface area (Å²) in [6.07, 6.45) is 3.55. The van der Waals surface area contributed by atoms with Crippen molar-refractivity contribution in [2.45, 2.75) is 121 Å². The molecule has 3 aromatic rings. The van der Waals surface area contributed by atoms with Gasteiger partial charge in [0.2, 0.25) is 0 Å². The van der Waals surface area contributed by atoms with Gasteiger partial charge in [-0.2, -0.15) is 13.2 Å². The average molecular weight is 731 g/mol. The van der Waals surface area contributed by atoms with Crippen molar-refractivity contribution in [3.63, 3.8) is 0 Å². The lowest BCUT2D eigenvalue weighted by Gasteiger charge is -2.46. The average Bonchev–Trinajstić information content (AvgIpc) is 3.58. The second kappa shape index (κ2) is 13.6. The zero-order valence-electron chi connectivity index (χ0n) is 29.8. The van der Waals surface area contributed by atoms with E-state index >= 15 is 0 Å². The fourth-order valence-electron chi connectivity index (χ4n) is 9.70. The molecule has 1 aromatic carbocycles. The molecule has 1 amide bonds. The molecule has 1 saturated heterocycles. The lowest BCUT2D eigenvalue weighted by molar-refractivity contribution is -0.151. The monoisotopic (exact) mass is 730 g/mol. The highest BCUT2D eigenvalue weighted by Gasteiger charge is 2.56. The number of alkyl halides is 5. The van der Waals surface area contributed by atoms with E-state index in [-0.39, 0.29) is 61.1 Å². The van der Waals surface area contributed by atoms with Gasteiger partial charge in [0.05, 0.1) is 36.0 Å². The van der Waals surface area contributed by atoms with Crippen molar-refractivity contribution in [3.05, 3.63) is 47.8 Å². The molecule has 2 bridgehead atoms. The molecule has 3 heterocycles. The minimum atomic E-state index is -4.98. The van der Waals surface area contributed by atoms with E-state index in [0.717, 1.165) is 56.5 Å². The third-order valence-electron chi connectivity index (χ3n) is 12.2. The second-order valence-corrected chi connectivity index (χ2v) is 15.8. The van der Waals surface area contributed by atoms with Gasteiger partial charge in [-0.3, -0.25) is 9.69 Å². The van der Waals surface area contributed by atoms with Gasteiger partial charge in [0, 0.05) is 35.3 Å². The highest BCUT2D eigenvalue weighted by atomic mass is 19.4. The molecule has 2 aromatic heterocycles. The normalized spacial score (nSPS) is 28.9. The number of nitrogens with one attached hydrogen (secondary N) is 1. The zero-order chi connectivity index (χ0) is 37.2. The van der Waals surface area contributed by atoms with E-state index in [1.54, 1.807) is 6.07 Å². The Balaban J connectivity index is 1.17. The van der Waals surface area contributed by atoms with E-state index in [2.05, 4.69) is 10.3 Å². The first-order valence-corrected chi connectivity index (χ1v) is 18.7. The van der Waals surface area contributed by atoms with Crippen LogP contribution < -0.4 is 10.1 Å². The number of amides is 1. The smallest absolute Gasteiger partial charge is 0.434 e. The standard InChI is InChI=1S/C39H47F5N4O4/c1-4-25(5-2)48-19-31(29-11-10-28(17-33(29)48)52-27-8-6-26(7-9-27)47-20-37(40,41)21-47)32-13-12-30(34(45-32)39(42,43)44)35(49)46-38(36(50)51)18-23-14-22(3)15-24(38)16-23/h10-13,17,19,22-27H,4-9,14-16,18,20-21H2,1-3H3,(H,46,49)(H,50,51). The first kappa shape index (κ1) is 36.6. The quantitative estimate of drug-likeness (QED) is 0.203. The van der Waals surface area contributed by atoms with E-state index in [1.807, 2.05) is 48.6 Å². The van der Waals surface area contributed by atoms with Gasteiger partial charge in [0.1, 0.15) is 11.3 Å². The summed E-state index contributed by atoms with van der Waals surface area (Å²) in [6, 6.07) is 8.19. The summed E-state index contributed by atoms with van der Waals surface area (Å²) < 4.78 is 79.3. The molecule has 4 fully saturated rings. The minimum absolute atomic E-state index is 0.0423. The number of fused-ring (bicyclic) bond motifs is 3. The Morgan fingerprint density at radius 1 is 1.04 bits per heavy atom. The molecule has 3 aliphatic carbocycles. The van der Waals surface area contributed by atoms with Crippen LogP contribution in [0.3, 0.4) is 0 Å². The SMILES string of the molecule is CCC(CC)n1cc(-c2ccc(C(=O)NC3(C(=O)O)CC4CC(C)CC3C4)c(C(F)(F)F)n2)c2ccc(OC3CCC(N4CC(F)(F)C4)CC3)cc21. The van der Waals surface area contributed by atoms with Crippen LogP contribution in [0, 0.1) is 17.8 Å². The molecule has 2 N–H and O–H groups in total. The maximum absolute atomic E-state index is 14.7. The number of carboxylic acids is 1. The van der Waals surface area contributed by atoms with E-state index in [1.165, 1.54) is 6.07 Å². The van der Waals surface area contributed by atoms with Crippen LogP contribution in [-0.2, 0) is 11.0 Å². The minimum Gasteiger partial charge on any atom is -0.490 e. The number of rotatable bonds is 10. The summed E-state index contributed by atoms with van der Waals surface area (Å²) >= 11 is 0. The fraction of sp³-hybridized carbons (Fsp3) is 0.615. The van der Waals surface area contributed by atoms with E-state index in [0.29, 0.717) is 29.5 Å². The van der Waals surface area contributed by atoms with E-state index in [9.17, 15) is 36.6 Å². The van der Waals surface area contributed by atoms with Crippen LogP contribution in [0.1, 0.15) is 107 Å². The highest BCUT2D eigenvalue weighted by Crippen LogP contribution is 2.51. The van der Waals surface area contributed by atoms with Crippen LogP contribution in [0.2, 0.25) is 0 Å². The summed E-state index contributed by atoms with van der Waals surface area (Å²) in [6.45, 7) is 5.75. The summed E-state index contributed by atoms with van der Waals surface area (Å²) in [5, 5.41) is 13.5. The predicted molar refractivity (Wildman–Crippen MR) is 185 cm³/mol. The number of pyridine rings is 1. The number of aliphatic carboxylic acids is 1. The molecular weight excluding hydrogens is 683 g/mol. The van der Waals surface area contributed by atoms with Crippen LogP contribution in [0.5, 0.6) is 5.75 Å². The molecule has 3 saturated carbocycles. The molecule has 4 aliphatic rings. The molecular formula is C39H47F5N4O4. The number of halogens is 5. The number of benzene rings is 1. The first-order valence-electron chi connectivity index (χ1n) is 18.7. The Hall–Kier alpha value is -3.74. The molecule has 282 valence electrons. The number of ether oxygens (including phenoxy) is 1. The summed E-state index contributed by atoms with van der Waals surface area (Å²) in [7, 11) is 0. The van der Waals surface area contributed by atoms with E-state index in [4.69, 9.17) is 4.74 Å². The van der Waals surface area contributed by atoms with Gasteiger partial charge < -0.3 is 19.7 Å². The number of nitrogens with zero attached hydrogens (tertiary/aromatic N) is 3. The Morgan fingerprint density at radius 3 is 2.38 bits per heavy atom. The third kappa shape index (κ3) is 6.78.